The molecule has 0 aliphatic rings. The lowest BCUT2D eigenvalue weighted by Crippen LogP contribution is -1.88. The van der Waals surface area contributed by atoms with E-state index in [-0.39, 0.29) is 6.61 Å². The quantitative estimate of drug-likeness (QED) is 0.261. The largest absolute Gasteiger partial charge is 0.396 e. The minimum atomic E-state index is 0.240. The van der Waals surface area contributed by atoms with Gasteiger partial charge in [-0.2, -0.15) is 0 Å². The van der Waals surface area contributed by atoms with Gasteiger partial charge in [-0.1, -0.05) is 174 Å². The third-order valence-corrected chi connectivity index (χ3v) is 5.01. The third-order valence-electron chi connectivity index (χ3n) is 5.01. The fraction of sp³-hybridized carbons (Fsp3) is 0.167. The number of benzene rings is 5. The molecule has 1 heteroatoms. The third kappa shape index (κ3) is 19.0. The zero-order valence-corrected chi connectivity index (χ0v) is 22.8. The summed E-state index contributed by atoms with van der Waals surface area (Å²) in [5, 5.41) is 8.52. The molecule has 0 saturated heterocycles. The van der Waals surface area contributed by atoms with Crippen molar-refractivity contribution in [2.45, 2.75) is 34.1 Å². The molecule has 0 radical (unpaired) electrons. The van der Waals surface area contributed by atoms with E-state index in [9.17, 15) is 0 Å². The van der Waals surface area contributed by atoms with Gasteiger partial charge in [0.2, 0.25) is 0 Å². The molecule has 0 spiro atoms. The van der Waals surface area contributed by atoms with Crippen LogP contribution in [0.25, 0.3) is 0 Å². The van der Waals surface area contributed by atoms with Crippen molar-refractivity contribution in [2.75, 3.05) is 6.61 Å². The van der Waals surface area contributed by atoms with Gasteiger partial charge in [0.1, 0.15) is 0 Å². The van der Waals surface area contributed by atoms with E-state index in [1.54, 1.807) is 0 Å². The second-order valence-electron chi connectivity index (χ2n) is 8.58. The van der Waals surface area contributed by atoms with Gasteiger partial charge in [-0.25, -0.2) is 0 Å². The monoisotopic (exact) mass is 490 g/mol. The summed E-state index contributed by atoms with van der Waals surface area (Å²) in [4.78, 5) is 0. The molecule has 0 amide bonds. The van der Waals surface area contributed by atoms with Gasteiger partial charge < -0.3 is 5.11 Å². The molecule has 1 N–H and O–H groups in total. The van der Waals surface area contributed by atoms with E-state index in [1.807, 2.05) is 103 Å². The van der Waals surface area contributed by atoms with Crippen molar-refractivity contribution in [2.24, 2.45) is 0 Å². The van der Waals surface area contributed by atoms with Gasteiger partial charge in [-0.3, -0.25) is 0 Å². The molecule has 5 rings (SSSR count). The lowest BCUT2D eigenvalue weighted by Gasteiger charge is -1.93. The van der Waals surface area contributed by atoms with E-state index >= 15 is 0 Å². The highest BCUT2D eigenvalue weighted by Crippen LogP contribution is 1.97. The van der Waals surface area contributed by atoms with E-state index in [2.05, 4.69) is 76.2 Å². The summed E-state index contributed by atoms with van der Waals surface area (Å²) in [5.41, 5.74) is 6.48. The molecule has 0 heterocycles. The van der Waals surface area contributed by atoms with E-state index in [0.717, 1.165) is 6.42 Å². The molecule has 0 aromatic heterocycles. The number of aliphatic hydroxyl groups is 1. The predicted octanol–water partition coefficient (Wildman–Crippen LogP) is 9.20. The fourth-order valence-electron chi connectivity index (χ4n) is 2.91. The average molecular weight is 491 g/mol. The van der Waals surface area contributed by atoms with Crippen LogP contribution < -0.4 is 0 Å². The molecule has 0 unspecified atom stereocenters. The van der Waals surface area contributed by atoms with Crippen LogP contribution in [0.1, 0.15) is 27.8 Å². The number of aryl methyl sites for hydroxylation is 4. The molecule has 0 atom stereocenters. The molecule has 0 saturated carbocycles. The molecule has 5 aromatic carbocycles. The van der Waals surface area contributed by atoms with E-state index in [4.69, 9.17) is 5.11 Å². The van der Waals surface area contributed by atoms with E-state index in [0.29, 0.717) is 0 Å². The average Bonchev–Trinajstić information content (AvgIpc) is 2.93. The summed E-state index contributed by atoms with van der Waals surface area (Å²) < 4.78 is 0. The maximum atomic E-state index is 8.52. The van der Waals surface area contributed by atoms with Crippen LogP contribution in [0, 0.1) is 27.7 Å². The van der Waals surface area contributed by atoms with Gasteiger partial charge in [0.25, 0.3) is 0 Å². The Kier molecular flexibility index (Phi) is 17.9. The Bertz CT molecular complexity index is 974. The van der Waals surface area contributed by atoms with Gasteiger partial charge in [0.05, 0.1) is 0 Å². The van der Waals surface area contributed by atoms with Crippen molar-refractivity contribution in [1.29, 1.82) is 0 Å². The Morgan fingerprint density at radius 3 is 0.730 bits per heavy atom. The van der Waals surface area contributed by atoms with Crippen LogP contribution >= 0.6 is 0 Å². The smallest absolute Gasteiger partial charge is 0.0471 e. The molecule has 1 nitrogen and oxygen atoms in total. The highest BCUT2D eigenvalue weighted by Gasteiger charge is 1.85. The van der Waals surface area contributed by atoms with Crippen LogP contribution in [-0.4, -0.2) is 11.7 Å². The van der Waals surface area contributed by atoms with Gasteiger partial charge in [0, 0.05) is 6.61 Å². The van der Waals surface area contributed by atoms with Gasteiger partial charge in [0.15, 0.2) is 0 Å². The molecule has 0 aliphatic carbocycles. The number of hydrogen-bond acceptors (Lipinski definition) is 1. The molecule has 37 heavy (non-hydrogen) atoms. The topological polar surface area (TPSA) is 20.2 Å². The van der Waals surface area contributed by atoms with Gasteiger partial charge in [-0.05, 0) is 39.7 Å². The molecule has 192 valence electrons. The maximum Gasteiger partial charge on any atom is 0.0471 e. The molecule has 0 aliphatic heterocycles. The van der Waals surface area contributed by atoms with E-state index < -0.39 is 0 Å². The van der Waals surface area contributed by atoms with Crippen LogP contribution in [0.5, 0.6) is 0 Å². The zero-order valence-electron chi connectivity index (χ0n) is 22.8. The first-order chi connectivity index (χ1) is 18.0. The van der Waals surface area contributed by atoms with Crippen molar-refractivity contribution >= 4 is 0 Å². The summed E-state index contributed by atoms with van der Waals surface area (Å²) in [6.45, 7) is 8.57. The summed E-state index contributed by atoms with van der Waals surface area (Å²) in [6.07, 6.45) is 0.765. The Morgan fingerprint density at radius 1 is 0.351 bits per heavy atom. The second-order valence-corrected chi connectivity index (χ2v) is 8.58. The molecule has 0 bridgehead atoms. The summed E-state index contributed by atoms with van der Waals surface area (Å²) in [7, 11) is 0. The van der Waals surface area contributed by atoms with Crippen molar-refractivity contribution in [3.8, 4) is 0 Å². The van der Waals surface area contributed by atoms with Gasteiger partial charge >= 0.3 is 0 Å². The Labute approximate surface area is 225 Å². The second kappa shape index (κ2) is 21.4. The number of rotatable bonds is 2. The summed E-state index contributed by atoms with van der Waals surface area (Å²) in [5.74, 6) is 0. The predicted molar refractivity (Wildman–Crippen MR) is 162 cm³/mol. The summed E-state index contributed by atoms with van der Waals surface area (Å²) >= 11 is 0. The lowest BCUT2D eigenvalue weighted by atomic mass is 10.2. The first-order valence-electron chi connectivity index (χ1n) is 12.7. The van der Waals surface area contributed by atoms with Crippen LogP contribution in [0.3, 0.4) is 0 Å². The Morgan fingerprint density at radius 2 is 0.568 bits per heavy atom. The molecule has 0 fully saturated rings. The SMILES string of the molecule is Cc1ccccc1.Cc1ccccc1.Cc1ccccc1.Cc1ccccc1.OCCc1ccccc1. The normalized spacial score (nSPS) is 8.89. The molecular weight excluding hydrogens is 448 g/mol. The highest BCUT2D eigenvalue weighted by molar-refractivity contribution is 5.15. The maximum absolute atomic E-state index is 8.52. The first kappa shape index (κ1) is 31.1. The lowest BCUT2D eigenvalue weighted by molar-refractivity contribution is 0.299. The van der Waals surface area contributed by atoms with Crippen LogP contribution in [-0.2, 0) is 6.42 Å². The van der Waals surface area contributed by atoms with Crippen molar-refractivity contribution in [3.05, 3.63) is 179 Å². The van der Waals surface area contributed by atoms with Crippen molar-refractivity contribution in [1.82, 2.24) is 0 Å². The number of aliphatic hydroxyl groups excluding tert-OH is 1. The Hall–Kier alpha value is -3.94. The fourth-order valence-corrected chi connectivity index (χ4v) is 2.91. The van der Waals surface area contributed by atoms with Crippen LogP contribution in [0.4, 0.5) is 0 Å². The molecular formula is C36H42O. The van der Waals surface area contributed by atoms with Crippen molar-refractivity contribution in [3.63, 3.8) is 0 Å². The summed E-state index contributed by atoms with van der Waals surface area (Å²) in [6, 6.07) is 51.0. The van der Waals surface area contributed by atoms with Crippen LogP contribution in [0.15, 0.2) is 152 Å². The zero-order chi connectivity index (χ0) is 27.0. The van der Waals surface area contributed by atoms with Gasteiger partial charge in [-0.15, -0.1) is 0 Å². The minimum Gasteiger partial charge on any atom is -0.396 e. The Balaban J connectivity index is 0.000000232. The van der Waals surface area contributed by atoms with E-state index in [1.165, 1.54) is 27.8 Å². The standard InChI is InChI=1S/C8H10O.4C7H8/c9-7-6-8-4-2-1-3-5-8;4*1-7-5-3-2-4-6-7/h1-5,9H,6-7H2;4*2-6H,1H3. The number of hydrogen-bond donors (Lipinski definition) is 1. The minimum absolute atomic E-state index is 0.240. The first-order valence-corrected chi connectivity index (χ1v) is 12.7. The van der Waals surface area contributed by atoms with Crippen molar-refractivity contribution < 1.29 is 5.11 Å². The van der Waals surface area contributed by atoms with Crippen LogP contribution in [0.2, 0.25) is 0 Å². The molecule has 5 aromatic rings. The highest BCUT2D eigenvalue weighted by atomic mass is 16.2.